The van der Waals surface area contributed by atoms with Crippen molar-refractivity contribution in [3.05, 3.63) is 187 Å². The Morgan fingerprint density at radius 3 is 1.51 bits per heavy atom. The van der Waals surface area contributed by atoms with Crippen LogP contribution in [0.4, 0.5) is 31.5 Å². The zero-order valence-corrected chi connectivity index (χ0v) is 41.7. The van der Waals surface area contributed by atoms with E-state index in [1.54, 1.807) is 60.3 Å². The van der Waals surface area contributed by atoms with Crippen LogP contribution >= 0.6 is 11.6 Å². The first-order valence-electron chi connectivity index (χ1n) is 24.2. The van der Waals surface area contributed by atoms with E-state index in [0.717, 1.165) is 35.8 Å². The summed E-state index contributed by atoms with van der Waals surface area (Å²) in [7, 11) is 5.09. The van der Waals surface area contributed by atoms with Crippen molar-refractivity contribution in [1.29, 1.82) is 0 Å². The third kappa shape index (κ3) is 10.9. The fourth-order valence-corrected chi connectivity index (χ4v) is 10.1. The smallest absolute Gasteiger partial charge is 0.414 e. The summed E-state index contributed by atoms with van der Waals surface area (Å²) >= 11 is 4.90. The van der Waals surface area contributed by atoms with E-state index in [1.807, 2.05) is 24.3 Å². The minimum atomic E-state index is -1.00. The molecule has 2 fully saturated rings. The van der Waals surface area contributed by atoms with Gasteiger partial charge in [0.15, 0.2) is 40.4 Å². The van der Waals surface area contributed by atoms with Crippen molar-refractivity contribution in [2.45, 2.75) is 61.7 Å². The monoisotopic (exact) mass is 1060 g/mol. The number of carbonyl (C=O) groups excluding carboxylic acids is 4. The molecule has 0 unspecified atom stereocenters. The number of aromatic hydroxyl groups is 1. The van der Waals surface area contributed by atoms with Crippen molar-refractivity contribution in [1.82, 2.24) is 39.2 Å². The molecule has 10 rings (SSSR count). The van der Waals surface area contributed by atoms with E-state index >= 15 is 8.78 Å². The van der Waals surface area contributed by atoms with Gasteiger partial charge in [-0.25, -0.2) is 27.0 Å². The lowest BCUT2D eigenvalue weighted by Gasteiger charge is -2.42. The van der Waals surface area contributed by atoms with Gasteiger partial charge in [-0.2, -0.15) is 10.2 Å². The first-order valence-corrected chi connectivity index (χ1v) is 23.9. The number of fused-ring (bicyclic) bond motifs is 4. The quantitative estimate of drug-likeness (QED) is 0.0929. The second kappa shape index (κ2) is 23.5. The maximum Gasteiger partial charge on any atom is 0.414 e. The summed E-state index contributed by atoms with van der Waals surface area (Å²) in [5.74, 6) is -7.46. The Labute approximate surface area is 433 Å². The van der Waals surface area contributed by atoms with Crippen molar-refractivity contribution < 1.29 is 52.3 Å². The summed E-state index contributed by atoms with van der Waals surface area (Å²) in [4.78, 5) is 79.2. The lowest BCUT2D eigenvalue weighted by Crippen LogP contribution is -2.51. The minimum absolute atomic E-state index is 0.102. The summed E-state index contributed by atoms with van der Waals surface area (Å²) in [6, 6.07) is 24.0. The van der Waals surface area contributed by atoms with Crippen LogP contribution in [0.5, 0.6) is 11.5 Å². The highest BCUT2D eigenvalue weighted by Crippen LogP contribution is 2.48. The molecule has 6 aromatic rings. The van der Waals surface area contributed by atoms with Crippen LogP contribution in [0.25, 0.3) is 0 Å². The van der Waals surface area contributed by atoms with Crippen LogP contribution in [-0.2, 0) is 0 Å². The first-order chi connectivity index (χ1) is 36.3. The maximum absolute atomic E-state index is 15.3. The zero-order valence-electron chi connectivity index (χ0n) is 42.0. The molecule has 4 aliphatic heterocycles. The highest BCUT2D eigenvalue weighted by Gasteiger charge is 2.50. The number of nitrogens with zero attached hydrogens (tertiary/aromatic N) is 8. The van der Waals surface area contributed by atoms with Crippen LogP contribution in [-0.4, -0.2) is 128 Å². The molecule has 16 nitrogen and oxygen atoms in total. The van der Waals surface area contributed by atoms with Gasteiger partial charge in [0.25, 0.3) is 11.8 Å². The summed E-state index contributed by atoms with van der Waals surface area (Å²) in [5, 5.41) is 18.4. The molecule has 0 spiro atoms. The second-order valence-corrected chi connectivity index (χ2v) is 18.5. The molecule has 0 bridgehead atoms. The number of ether oxygens (including phenoxy) is 1. The van der Waals surface area contributed by atoms with Crippen molar-refractivity contribution >= 4 is 34.9 Å². The number of rotatable bonds is 7. The molecule has 0 saturated carbocycles. The van der Waals surface area contributed by atoms with Crippen LogP contribution in [0.15, 0.2) is 119 Å². The predicted molar refractivity (Wildman–Crippen MR) is 266 cm³/mol. The number of benzene rings is 4. The van der Waals surface area contributed by atoms with Crippen LogP contribution in [0.3, 0.4) is 0 Å². The van der Waals surface area contributed by atoms with Gasteiger partial charge in [-0.3, -0.25) is 33.0 Å². The number of alkyl halides is 1. The molecule has 6 heterocycles. The van der Waals surface area contributed by atoms with Gasteiger partial charge in [0, 0.05) is 64.2 Å². The molecule has 4 amide bonds. The fourth-order valence-electron chi connectivity index (χ4n) is 10.1. The normalized spacial score (nSPS) is 18.9. The SMILES string of the molecule is CN(C)C(=O)Cl.CN(C)C(=O)Oc1c2n(ncc1=O)[C@@H]([C@H](c1ccccc1)c1cccc(F)c1F)[C@H]1CCCN1C2=O.O=C1c2c(O)c(=O)cnn2[C@@H]([C@H](c2ccccc2)c2cccc(F)c2F)[C@H]2CCCN12.[2H]CF. The summed E-state index contributed by atoms with van der Waals surface area (Å²) in [5.41, 5.74) is -0.254. The Hall–Kier alpha value is -7.94. The molecule has 75 heavy (non-hydrogen) atoms. The molecular formula is C53H52ClF5N8O8. The molecule has 2 aromatic heterocycles. The highest BCUT2D eigenvalue weighted by molar-refractivity contribution is 6.62. The molecule has 394 valence electrons. The molecule has 6 atom stereocenters. The molecule has 0 aliphatic carbocycles. The standard InChI is InChI=1S/C26H24F2N4O4.C23H19F2N3O3.C3H6ClNO.CH3F/c1-30(2)26(35)36-24-19(33)14-29-32-22(18-12-7-13-31(18)25(34)23(24)32)20(15-8-4-3-5-9-15)16-10-6-11-17(27)21(16)28;24-15-9-4-8-14(19(15)25)18(13-6-2-1-3-7-13)20-16-10-5-11-27(16)23(31)21-22(30)17(29)12-26-28(20)21;1-5(2)3(4)6;1-2/h3-6,8-11,14,18,20,22H,7,12-13H2,1-2H3;1-4,6-9,12,16,18,20,30H,5,10-11H2;1-2H3;1H3/t18-,20-,22-;16-,18-,20-;;/m11../s1/i;;;1D. The van der Waals surface area contributed by atoms with Gasteiger partial charge in [0.1, 0.15) is 0 Å². The van der Waals surface area contributed by atoms with Crippen molar-refractivity contribution in [2.75, 3.05) is 48.4 Å². The largest absolute Gasteiger partial charge is 0.502 e. The van der Waals surface area contributed by atoms with E-state index in [-0.39, 0.29) is 28.6 Å². The summed E-state index contributed by atoms with van der Waals surface area (Å²) in [6.45, 7) is 0.868. The Morgan fingerprint density at radius 1 is 0.667 bits per heavy atom. The third-order valence-corrected chi connectivity index (χ3v) is 13.7. The average Bonchev–Trinajstić information content (AvgIpc) is 4.11. The van der Waals surface area contributed by atoms with Gasteiger partial charge in [0.2, 0.25) is 16.6 Å². The highest BCUT2D eigenvalue weighted by atomic mass is 35.5. The number of aromatic nitrogens is 4. The number of hydrogen-bond donors (Lipinski definition) is 1. The number of halogens is 6. The zero-order chi connectivity index (χ0) is 55.1. The van der Waals surface area contributed by atoms with Gasteiger partial charge in [-0.1, -0.05) is 84.9 Å². The Morgan fingerprint density at radius 2 is 1.08 bits per heavy atom. The Kier molecular flexibility index (Phi) is 16.7. The maximum atomic E-state index is 15.3. The number of amides is 4. The lowest BCUT2D eigenvalue weighted by molar-refractivity contribution is 0.0556. The van der Waals surface area contributed by atoms with Crippen LogP contribution in [0.1, 0.15) is 94.2 Å². The van der Waals surface area contributed by atoms with Crippen LogP contribution in [0.2, 0.25) is 0 Å². The van der Waals surface area contributed by atoms with Gasteiger partial charge >= 0.3 is 11.5 Å². The van der Waals surface area contributed by atoms with Gasteiger partial charge in [-0.05, 0) is 60.5 Å². The molecule has 0 radical (unpaired) electrons. The van der Waals surface area contributed by atoms with Gasteiger partial charge in [0.05, 0.1) is 45.1 Å². The van der Waals surface area contributed by atoms with E-state index < -0.39 is 106 Å². The Balaban J connectivity index is 0.000000192. The summed E-state index contributed by atoms with van der Waals surface area (Å²) < 4.78 is 82.5. The van der Waals surface area contributed by atoms with Gasteiger partial charge < -0.3 is 29.4 Å². The average molecular weight is 1060 g/mol. The minimum Gasteiger partial charge on any atom is -0.502 e. The predicted octanol–water partition coefficient (Wildman–Crippen LogP) is 8.28. The van der Waals surface area contributed by atoms with E-state index in [4.69, 9.17) is 17.7 Å². The summed E-state index contributed by atoms with van der Waals surface area (Å²) in [6.07, 6.45) is 3.77. The van der Waals surface area contributed by atoms with Gasteiger partial charge in [-0.15, -0.1) is 0 Å². The van der Waals surface area contributed by atoms with E-state index in [9.17, 15) is 47.0 Å². The van der Waals surface area contributed by atoms with Crippen LogP contribution in [0, 0.1) is 23.3 Å². The molecule has 4 aliphatic rings. The van der Waals surface area contributed by atoms with Crippen LogP contribution < -0.4 is 15.6 Å². The molecule has 1 N–H and O–H groups in total. The Bertz CT molecular complexity index is 3230. The third-order valence-electron chi connectivity index (χ3n) is 13.4. The van der Waals surface area contributed by atoms with Crippen molar-refractivity contribution in [3.8, 4) is 11.5 Å². The second-order valence-electron chi connectivity index (χ2n) is 18.2. The van der Waals surface area contributed by atoms with Crippen molar-refractivity contribution in [3.63, 3.8) is 0 Å². The molecule has 4 aromatic carbocycles. The van der Waals surface area contributed by atoms with Crippen molar-refractivity contribution in [2.24, 2.45) is 0 Å². The van der Waals surface area contributed by atoms with E-state index in [2.05, 4.69) is 10.2 Å². The van der Waals surface area contributed by atoms with E-state index in [0.29, 0.717) is 43.5 Å². The molecule has 22 heteroatoms. The fraction of sp³-hybridized carbons (Fsp3) is 0.321. The molecule has 2 saturated heterocycles. The number of carbonyl (C=O) groups is 4. The van der Waals surface area contributed by atoms with E-state index in [1.165, 1.54) is 52.6 Å². The first kappa shape index (κ1) is 53.4. The number of hydrogen-bond acceptors (Lipinski definition) is 10. The molecular weight excluding hydrogens is 1010 g/mol. The topological polar surface area (TPSA) is 180 Å². The lowest BCUT2D eigenvalue weighted by atomic mass is 9.79.